The summed E-state index contributed by atoms with van der Waals surface area (Å²) >= 11 is 0. The summed E-state index contributed by atoms with van der Waals surface area (Å²) < 4.78 is 5.52. The molecule has 5 heteroatoms. The van der Waals surface area contributed by atoms with Gasteiger partial charge in [0.25, 0.3) is 5.91 Å². The van der Waals surface area contributed by atoms with Gasteiger partial charge in [0.1, 0.15) is 0 Å². The van der Waals surface area contributed by atoms with Crippen LogP contribution in [0.5, 0.6) is 0 Å². The quantitative estimate of drug-likeness (QED) is 0.704. The lowest BCUT2D eigenvalue weighted by molar-refractivity contribution is 0.00875. The van der Waals surface area contributed by atoms with Gasteiger partial charge in [-0.25, -0.2) is 0 Å². The van der Waals surface area contributed by atoms with E-state index in [-0.39, 0.29) is 11.9 Å². The minimum atomic E-state index is -0.0298. The molecule has 0 bridgehead atoms. The van der Waals surface area contributed by atoms with Gasteiger partial charge in [0, 0.05) is 37.8 Å². The monoisotopic (exact) mass is 367 g/mol. The molecular formula is C22H29N3O2. The van der Waals surface area contributed by atoms with E-state index >= 15 is 0 Å². The first kappa shape index (κ1) is 19.5. The Labute approximate surface area is 161 Å². The summed E-state index contributed by atoms with van der Waals surface area (Å²) in [6.45, 7) is 6.99. The standard InChI is InChI=1S/C22H29N3O2/c1-18(23-12-13-24-22(26)20-10-6-3-7-11-20)21(19-8-4-2-5-9-19)25-14-16-27-17-15-25/h2-11,18,21,23H,12-17H2,1H3,(H,24,26). The van der Waals surface area contributed by atoms with E-state index in [2.05, 4.69) is 52.8 Å². The number of nitrogens with zero attached hydrogens (tertiary/aromatic N) is 1. The molecule has 0 spiro atoms. The molecule has 27 heavy (non-hydrogen) atoms. The zero-order valence-electron chi connectivity index (χ0n) is 15.9. The molecule has 2 N–H and O–H groups in total. The molecule has 1 fully saturated rings. The average molecular weight is 367 g/mol. The number of hydrogen-bond acceptors (Lipinski definition) is 4. The Kier molecular flexibility index (Phi) is 7.39. The van der Waals surface area contributed by atoms with Gasteiger partial charge in [-0.2, -0.15) is 0 Å². The van der Waals surface area contributed by atoms with Crippen LogP contribution in [0.15, 0.2) is 60.7 Å². The van der Waals surface area contributed by atoms with E-state index < -0.39 is 0 Å². The maximum atomic E-state index is 12.1. The fourth-order valence-electron chi connectivity index (χ4n) is 3.60. The van der Waals surface area contributed by atoms with Gasteiger partial charge in [-0.1, -0.05) is 48.5 Å². The van der Waals surface area contributed by atoms with Crippen molar-refractivity contribution in [1.29, 1.82) is 0 Å². The number of benzene rings is 2. The number of hydrogen-bond donors (Lipinski definition) is 2. The maximum Gasteiger partial charge on any atom is 0.251 e. The second-order valence-corrected chi connectivity index (χ2v) is 6.87. The summed E-state index contributed by atoms with van der Waals surface area (Å²) in [5.41, 5.74) is 2.01. The molecule has 144 valence electrons. The van der Waals surface area contributed by atoms with E-state index in [0.717, 1.165) is 32.8 Å². The topological polar surface area (TPSA) is 53.6 Å². The van der Waals surface area contributed by atoms with Gasteiger partial charge in [0.05, 0.1) is 19.3 Å². The minimum absolute atomic E-state index is 0.0298. The van der Waals surface area contributed by atoms with E-state index in [1.54, 1.807) is 0 Å². The van der Waals surface area contributed by atoms with Gasteiger partial charge in [-0.3, -0.25) is 9.69 Å². The fourth-order valence-corrected chi connectivity index (χ4v) is 3.60. The van der Waals surface area contributed by atoms with E-state index in [4.69, 9.17) is 4.74 Å². The lowest BCUT2D eigenvalue weighted by Gasteiger charge is -2.38. The number of rotatable bonds is 8. The number of ether oxygens (including phenoxy) is 1. The van der Waals surface area contributed by atoms with Crippen molar-refractivity contribution in [2.45, 2.75) is 19.0 Å². The summed E-state index contributed by atoms with van der Waals surface area (Å²) in [5, 5.41) is 6.57. The minimum Gasteiger partial charge on any atom is -0.379 e. The molecule has 0 aliphatic carbocycles. The molecule has 1 aliphatic heterocycles. The Morgan fingerprint density at radius 3 is 2.30 bits per heavy atom. The largest absolute Gasteiger partial charge is 0.379 e. The number of carbonyl (C=O) groups is 1. The smallest absolute Gasteiger partial charge is 0.251 e. The molecule has 2 aromatic rings. The first-order valence-corrected chi connectivity index (χ1v) is 9.69. The van der Waals surface area contributed by atoms with E-state index in [1.807, 2.05) is 30.3 Å². The van der Waals surface area contributed by atoms with Crippen molar-refractivity contribution >= 4 is 5.91 Å². The average Bonchev–Trinajstić information content (AvgIpc) is 2.73. The molecule has 1 aliphatic rings. The van der Waals surface area contributed by atoms with Crippen LogP contribution in [0, 0.1) is 0 Å². The third-order valence-electron chi connectivity index (χ3n) is 4.97. The highest BCUT2D eigenvalue weighted by molar-refractivity contribution is 5.94. The zero-order chi connectivity index (χ0) is 18.9. The third-order valence-corrected chi connectivity index (χ3v) is 4.97. The van der Waals surface area contributed by atoms with Gasteiger partial charge in [0.2, 0.25) is 0 Å². The number of morpholine rings is 1. The van der Waals surface area contributed by atoms with Crippen LogP contribution in [0.1, 0.15) is 28.9 Å². The number of carbonyl (C=O) groups excluding carboxylic acids is 1. The molecule has 0 aromatic heterocycles. The van der Waals surface area contributed by atoms with Crippen LogP contribution in [0.4, 0.5) is 0 Å². The van der Waals surface area contributed by atoms with Gasteiger partial charge in [-0.05, 0) is 24.6 Å². The molecule has 5 nitrogen and oxygen atoms in total. The van der Waals surface area contributed by atoms with Crippen LogP contribution in [0.3, 0.4) is 0 Å². The molecule has 3 rings (SSSR count). The Bertz CT molecular complexity index is 687. The summed E-state index contributed by atoms with van der Waals surface area (Å²) in [4.78, 5) is 14.6. The molecule has 0 radical (unpaired) electrons. The molecule has 1 amide bonds. The molecule has 1 heterocycles. The normalized spacial score (nSPS) is 17.2. The predicted octanol–water partition coefficient (Wildman–Crippen LogP) is 2.47. The Morgan fingerprint density at radius 2 is 1.63 bits per heavy atom. The van der Waals surface area contributed by atoms with Gasteiger partial charge < -0.3 is 15.4 Å². The summed E-state index contributed by atoms with van der Waals surface area (Å²) in [5.74, 6) is -0.0298. The van der Waals surface area contributed by atoms with E-state index in [0.29, 0.717) is 18.2 Å². The Morgan fingerprint density at radius 1 is 1.00 bits per heavy atom. The van der Waals surface area contributed by atoms with Crippen molar-refractivity contribution in [1.82, 2.24) is 15.5 Å². The Balaban J connectivity index is 1.53. The van der Waals surface area contributed by atoms with Crippen LogP contribution < -0.4 is 10.6 Å². The van der Waals surface area contributed by atoms with Crippen LogP contribution in [0.25, 0.3) is 0 Å². The van der Waals surface area contributed by atoms with Gasteiger partial charge in [0.15, 0.2) is 0 Å². The SMILES string of the molecule is CC(NCCNC(=O)c1ccccc1)C(c1ccccc1)N1CCOCC1. The molecule has 2 unspecified atom stereocenters. The highest BCUT2D eigenvalue weighted by Crippen LogP contribution is 2.25. The number of amides is 1. The van der Waals surface area contributed by atoms with Crippen LogP contribution in [-0.2, 0) is 4.74 Å². The molecule has 1 saturated heterocycles. The van der Waals surface area contributed by atoms with Crippen molar-refractivity contribution in [3.63, 3.8) is 0 Å². The molecule has 0 saturated carbocycles. The second kappa shape index (κ2) is 10.2. The van der Waals surface area contributed by atoms with Gasteiger partial charge >= 0.3 is 0 Å². The zero-order valence-corrected chi connectivity index (χ0v) is 15.9. The summed E-state index contributed by atoms with van der Waals surface area (Å²) in [7, 11) is 0. The van der Waals surface area contributed by atoms with Crippen molar-refractivity contribution < 1.29 is 9.53 Å². The summed E-state index contributed by atoms with van der Waals surface area (Å²) in [6.07, 6.45) is 0. The highest BCUT2D eigenvalue weighted by atomic mass is 16.5. The molecule has 2 aromatic carbocycles. The first-order chi connectivity index (χ1) is 13.3. The first-order valence-electron chi connectivity index (χ1n) is 9.69. The highest BCUT2D eigenvalue weighted by Gasteiger charge is 2.27. The lowest BCUT2D eigenvalue weighted by Crippen LogP contribution is -2.48. The van der Waals surface area contributed by atoms with Crippen molar-refractivity contribution in [2.75, 3.05) is 39.4 Å². The molecule has 2 atom stereocenters. The van der Waals surface area contributed by atoms with E-state index in [9.17, 15) is 4.79 Å². The number of nitrogens with one attached hydrogen (secondary N) is 2. The maximum absolute atomic E-state index is 12.1. The Hall–Kier alpha value is -2.21. The van der Waals surface area contributed by atoms with Crippen LogP contribution in [0.2, 0.25) is 0 Å². The van der Waals surface area contributed by atoms with Crippen molar-refractivity contribution in [3.05, 3.63) is 71.8 Å². The molecular weight excluding hydrogens is 338 g/mol. The lowest BCUT2D eigenvalue weighted by atomic mass is 9.98. The predicted molar refractivity (Wildman–Crippen MR) is 108 cm³/mol. The van der Waals surface area contributed by atoms with Gasteiger partial charge in [-0.15, -0.1) is 0 Å². The summed E-state index contributed by atoms with van der Waals surface area (Å²) in [6, 6.07) is 20.5. The van der Waals surface area contributed by atoms with Crippen molar-refractivity contribution in [2.24, 2.45) is 0 Å². The third kappa shape index (κ3) is 5.63. The van der Waals surface area contributed by atoms with Crippen LogP contribution in [-0.4, -0.2) is 56.2 Å². The van der Waals surface area contributed by atoms with Crippen LogP contribution >= 0.6 is 0 Å². The van der Waals surface area contributed by atoms with E-state index in [1.165, 1.54) is 5.56 Å². The second-order valence-electron chi connectivity index (χ2n) is 6.87. The fraction of sp³-hybridized carbons (Fsp3) is 0.409. The van der Waals surface area contributed by atoms with Crippen molar-refractivity contribution in [3.8, 4) is 0 Å².